The van der Waals surface area contributed by atoms with Crippen molar-refractivity contribution in [2.24, 2.45) is 0 Å². The van der Waals surface area contributed by atoms with Crippen molar-refractivity contribution in [2.75, 3.05) is 6.61 Å². The van der Waals surface area contributed by atoms with E-state index in [0.29, 0.717) is 6.61 Å². The van der Waals surface area contributed by atoms with Crippen molar-refractivity contribution in [2.45, 2.75) is 71.1 Å². The predicted octanol–water partition coefficient (Wildman–Crippen LogP) is 5.19. The second-order valence-corrected chi connectivity index (χ2v) is 4.97. The van der Waals surface area contributed by atoms with Crippen LogP contribution in [0.15, 0.2) is 24.8 Å². The van der Waals surface area contributed by atoms with E-state index < -0.39 is 0 Å². The Morgan fingerprint density at radius 1 is 0.947 bits per heavy atom. The minimum atomic E-state index is -0.164. The first-order valence-corrected chi connectivity index (χ1v) is 7.68. The molecule has 0 unspecified atom stereocenters. The summed E-state index contributed by atoms with van der Waals surface area (Å²) in [5.74, 6) is -0.164. The highest BCUT2D eigenvalue weighted by Gasteiger charge is 1.94. The van der Waals surface area contributed by atoms with Crippen LogP contribution in [0.25, 0.3) is 0 Å². The van der Waals surface area contributed by atoms with E-state index in [1.807, 2.05) is 12.2 Å². The number of rotatable bonds is 13. The minimum absolute atomic E-state index is 0.164. The van der Waals surface area contributed by atoms with E-state index in [1.165, 1.54) is 64.7 Å². The maximum absolute atomic E-state index is 10.5. The Balaban J connectivity index is 3.00. The van der Waals surface area contributed by atoms with Crippen molar-refractivity contribution in [3.63, 3.8) is 0 Å². The zero-order chi connectivity index (χ0) is 14.2. The normalized spacial score (nSPS) is 10.8. The Bertz CT molecular complexity index is 244. The van der Waals surface area contributed by atoms with Crippen LogP contribution in [0.4, 0.5) is 0 Å². The van der Waals surface area contributed by atoms with Crippen molar-refractivity contribution < 1.29 is 9.53 Å². The van der Waals surface area contributed by atoms with Gasteiger partial charge in [-0.05, 0) is 19.3 Å². The largest absolute Gasteiger partial charge is 0.466 e. The number of ether oxygens (including phenoxy) is 1. The van der Waals surface area contributed by atoms with Crippen LogP contribution in [-0.2, 0) is 9.53 Å². The summed E-state index contributed by atoms with van der Waals surface area (Å²) < 4.78 is 4.89. The van der Waals surface area contributed by atoms with Crippen LogP contribution >= 0.6 is 0 Å². The first kappa shape index (κ1) is 17.9. The van der Waals surface area contributed by atoms with E-state index in [1.54, 1.807) is 0 Å². The van der Waals surface area contributed by atoms with E-state index in [4.69, 9.17) is 4.74 Å². The molecule has 0 aromatic carbocycles. The quantitative estimate of drug-likeness (QED) is 0.260. The molecule has 0 aliphatic carbocycles. The predicted molar refractivity (Wildman–Crippen MR) is 82.1 cm³/mol. The molecule has 110 valence electrons. The molecular weight excluding hydrogens is 236 g/mol. The second-order valence-electron chi connectivity index (χ2n) is 4.97. The summed E-state index contributed by atoms with van der Waals surface area (Å²) in [7, 11) is 0. The molecule has 0 aliphatic heterocycles. The van der Waals surface area contributed by atoms with Gasteiger partial charge in [-0.2, -0.15) is 0 Å². The second kappa shape index (κ2) is 15.0. The molecule has 0 saturated carbocycles. The van der Waals surface area contributed by atoms with E-state index in [0.717, 1.165) is 6.42 Å². The van der Waals surface area contributed by atoms with Crippen LogP contribution in [0.1, 0.15) is 71.1 Å². The number of allylic oxidation sites excluding steroid dienone is 3. The molecule has 2 heteroatoms. The Morgan fingerprint density at radius 2 is 1.47 bits per heavy atom. The third kappa shape index (κ3) is 16.9. The van der Waals surface area contributed by atoms with E-state index >= 15 is 0 Å². The van der Waals surface area contributed by atoms with Crippen molar-refractivity contribution in [3.8, 4) is 0 Å². The van der Waals surface area contributed by atoms with Gasteiger partial charge in [-0.1, -0.05) is 69.8 Å². The molecule has 2 nitrogen and oxygen atoms in total. The summed E-state index contributed by atoms with van der Waals surface area (Å²) in [6.45, 7) is 5.71. The summed E-state index contributed by atoms with van der Waals surface area (Å²) in [4.78, 5) is 10.5. The van der Waals surface area contributed by atoms with Gasteiger partial charge < -0.3 is 4.74 Å². The third-order valence-corrected chi connectivity index (χ3v) is 3.09. The number of hydrogen-bond acceptors (Lipinski definition) is 2. The van der Waals surface area contributed by atoms with Gasteiger partial charge in [0.1, 0.15) is 0 Å². The fourth-order valence-corrected chi connectivity index (χ4v) is 2.01. The molecule has 0 aromatic heterocycles. The standard InChI is InChI=1S/C17H30O2/c1-3-4-5-6-7-8-9-10-11-12-13-14-15-16-19-17(2)18/h3-5H,1,6-16H2,2H3. The van der Waals surface area contributed by atoms with Gasteiger partial charge in [0.05, 0.1) is 6.61 Å². The maximum atomic E-state index is 10.5. The molecule has 0 atom stereocenters. The Hall–Kier alpha value is -1.05. The first-order chi connectivity index (χ1) is 9.27. The average Bonchev–Trinajstić information content (AvgIpc) is 2.39. The molecule has 0 bridgehead atoms. The van der Waals surface area contributed by atoms with Gasteiger partial charge in [-0.3, -0.25) is 4.79 Å². The van der Waals surface area contributed by atoms with Gasteiger partial charge in [0, 0.05) is 6.92 Å². The Labute approximate surface area is 118 Å². The van der Waals surface area contributed by atoms with Crippen LogP contribution in [0.5, 0.6) is 0 Å². The van der Waals surface area contributed by atoms with Gasteiger partial charge in [0.25, 0.3) is 0 Å². The topological polar surface area (TPSA) is 26.3 Å². The minimum Gasteiger partial charge on any atom is -0.466 e. The van der Waals surface area contributed by atoms with Crippen LogP contribution in [0.3, 0.4) is 0 Å². The van der Waals surface area contributed by atoms with Gasteiger partial charge in [-0.15, -0.1) is 0 Å². The fourth-order valence-electron chi connectivity index (χ4n) is 2.01. The lowest BCUT2D eigenvalue weighted by atomic mass is 10.1. The molecule has 0 heterocycles. The lowest BCUT2D eigenvalue weighted by molar-refractivity contribution is -0.141. The lowest BCUT2D eigenvalue weighted by Crippen LogP contribution is -2.00. The third-order valence-electron chi connectivity index (χ3n) is 3.09. The van der Waals surface area contributed by atoms with E-state index in [9.17, 15) is 4.79 Å². The number of carbonyl (C=O) groups is 1. The molecule has 0 spiro atoms. The van der Waals surface area contributed by atoms with Crippen LogP contribution in [0.2, 0.25) is 0 Å². The molecule has 0 radical (unpaired) electrons. The number of unbranched alkanes of at least 4 members (excludes halogenated alkanes) is 9. The van der Waals surface area contributed by atoms with Gasteiger partial charge in [-0.25, -0.2) is 0 Å². The Kier molecular flexibility index (Phi) is 14.2. The van der Waals surface area contributed by atoms with Crippen molar-refractivity contribution in [1.29, 1.82) is 0 Å². The molecule has 0 aromatic rings. The Morgan fingerprint density at radius 3 is 2.00 bits per heavy atom. The van der Waals surface area contributed by atoms with Crippen molar-refractivity contribution in [3.05, 3.63) is 24.8 Å². The fraction of sp³-hybridized carbons (Fsp3) is 0.706. The van der Waals surface area contributed by atoms with Crippen LogP contribution in [-0.4, -0.2) is 12.6 Å². The molecular formula is C17H30O2. The molecule has 0 N–H and O–H groups in total. The monoisotopic (exact) mass is 266 g/mol. The highest BCUT2D eigenvalue weighted by molar-refractivity contribution is 5.65. The molecule has 19 heavy (non-hydrogen) atoms. The molecule has 0 rings (SSSR count). The highest BCUT2D eigenvalue weighted by Crippen LogP contribution is 2.10. The van der Waals surface area contributed by atoms with Crippen LogP contribution in [0, 0.1) is 0 Å². The van der Waals surface area contributed by atoms with E-state index in [2.05, 4.69) is 12.7 Å². The van der Waals surface area contributed by atoms with Crippen molar-refractivity contribution in [1.82, 2.24) is 0 Å². The number of carbonyl (C=O) groups excluding carboxylic acids is 1. The zero-order valence-corrected chi connectivity index (χ0v) is 12.5. The van der Waals surface area contributed by atoms with Gasteiger partial charge >= 0.3 is 5.97 Å². The summed E-state index contributed by atoms with van der Waals surface area (Å²) in [5.41, 5.74) is 0. The summed E-state index contributed by atoms with van der Waals surface area (Å²) >= 11 is 0. The highest BCUT2D eigenvalue weighted by atomic mass is 16.5. The zero-order valence-electron chi connectivity index (χ0n) is 12.5. The summed E-state index contributed by atoms with van der Waals surface area (Å²) in [6.07, 6.45) is 18.7. The van der Waals surface area contributed by atoms with Crippen LogP contribution < -0.4 is 0 Å². The lowest BCUT2D eigenvalue weighted by Gasteiger charge is -2.03. The van der Waals surface area contributed by atoms with E-state index in [-0.39, 0.29) is 5.97 Å². The summed E-state index contributed by atoms with van der Waals surface area (Å²) in [6, 6.07) is 0. The smallest absolute Gasteiger partial charge is 0.302 e. The van der Waals surface area contributed by atoms with Gasteiger partial charge in [0.2, 0.25) is 0 Å². The summed E-state index contributed by atoms with van der Waals surface area (Å²) in [5, 5.41) is 0. The average molecular weight is 266 g/mol. The number of esters is 1. The molecule has 0 fully saturated rings. The SMILES string of the molecule is C=CC=CCCCCCCCCCCCOC(C)=O. The number of hydrogen-bond donors (Lipinski definition) is 0. The maximum Gasteiger partial charge on any atom is 0.302 e. The van der Waals surface area contributed by atoms with Crippen molar-refractivity contribution >= 4 is 5.97 Å². The molecule has 0 aliphatic rings. The molecule has 0 amide bonds. The molecule has 0 saturated heterocycles. The first-order valence-electron chi connectivity index (χ1n) is 7.68. The van der Waals surface area contributed by atoms with Gasteiger partial charge in [0.15, 0.2) is 0 Å².